The van der Waals surface area contributed by atoms with Gasteiger partial charge in [-0.1, -0.05) is 13.8 Å². The number of aryl methyl sites for hydroxylation is 1. The Hall–Kier alpha value is -2.39. The minimum absolute atomic E-state index is 0.0564. The molecule has 1 heterocycles. The summed E-state index contributed by atoms with van der Waals surface area (Å²) in [6.45, 7) is 5.97. The molecule has 0 aliphatic rings. The average molecular weight is 395 g/mol. The summed E-state index contributed by atoms with van der Waals surface area (Å²) in [6, 6.07) is 7.61. The van der Waals surface area contributed by atoms with E-state index in [-0.39, 0.29) is 16.6 Å². The van der Waals surface area contributed by atoms with E-state index in [0.29, 0.717) is 31.6 Å². The Morgan fingerprint density at radius 3 is 2.52 bits per heavy atom. The highest BCUT2D eigenvalue weighted by Gasteiger charge is 2.26. The molecule has 0 saturated heterocycles. The third-order valence-electron chi connectivity index (χ3n) is 4.31. The van der Waals surface area contributed by atoms with Crippen LogP contribution in [0.3, 0.4) is 0 Å². The Bertz CT molecular complexity index is 861. The highest BCUT2D eigenvalue weighted by Crippen LogP contribution is 2.30. The number of nitrogens with one attached hydrogen (secondary N) is 1. The third kappa shape index (κ3) is 5.08. The fraction of sp³-hybridized carbons (Fsp3) is 0.444. The highest BCUT2D eigenvalue weighted by atomic mass is 32.2. The second-order valence-electron chi connectivity index (χ2n) is 6.19. The van der Waals surface area contributed by atoms with Gasteiger partial charge < -0.3 is 9.73 Å². The van der Waals surface area contributed by atoms with Crippen molar-refractivity contribution in [2.75, 3.05) is 18.4 Å². The van der Waals surface area contributed by atoms with Gasteiger partial charge in [-0.25, -0.2) is 8.42 Å². The van der Waals surface area contributed by atoms with Gasteiger partial charge in [0.1, 0.15) is 11.4 Å². The SMILES string of the molecule is CCN(CC)S(=O)(=O)c1ccc(N[C@@H](C)CCc2ccco2)c([N+](=O)[O-])c1. The summed E-state index contributed by atoms with van der Waals surface area (Å²) in [5.74, 6) is 0.846. The average Bonchev–Trinajstić information content (AvgIpc) is 3.14. The van der Waals surface area contributed by atoms with Gasteiger partial charge in [0.2, 0.25) is 10.0 Å². The quantitative estimate of drug-likeness (QED) is 0.486. The van der Waals surface area contributed by atoms with Gasteiger partial charge in [-0.15, -0.1) is 0 Å². The van der Waals surface area contributed by atoms with Crippen LogP contribution in [-0.2, 0) is 16.4 Å². The molecule has 0 aliphatic heterocycles. The van der Waals surface area contributed by atoms with E-state index in [0.717, 1.165) is 11.8 Å². The van der Waals surface area contributed by atoms with Crippen molar-refractivity contribution in [1.29, 1.82) is 0 Å². The number of furan rings is 1. The lowest BCUT2D eigenvalue weighted by atomic mass is 10.1. The van der Waals surface area contributed by atoms with E-state index >= 15 is 0 Å². The summed E-state index contributed by atoms with van der Waals surface area (Å²) in [7, 11) is -3.75. The molecule has 0 radical (unpaired) electrons. The van der Waals surface area contributed by atoms with Gasteiger partial charge in [0.05, 0.1) is 16.1 Å². The predicted octanol–water partition coefficient (Wildman–Crippen LogP) is 3.65. The van der Waals surface area contributed by atoms with Gasteiger partial charge in [0, 0.05) is 31.6 Å². The standard InChI is InChI=1S/C18H25N3O5S/c1-4-20(5-2)27(24,25)16-10-11-17(18(13-16)21(22)23)19-14(3)8-9-15-7-6-12-26-15/h6-7,10-14,19H,4-5,8-9H2,1-3H3/t14-/m0/s1. The van der Waals surface area contributed by atoms with E-state index in [4.69, 9.17) is 4.42 Å². The highest BCUT2D eigenvalue weighted by molar-refractivity contribution is 7.89. The number of hydrogen-bond acceptors (Lipinski definition) is 6. The molecule has 0 bridgehead atoms. The topological polar surface area (TPSA) is 106 Å². The van der Waals surface area contributed by atoms with Crippen molar-refractivity contribution in [3.8, 4) is 0 Å². The first kappa shape index (κ1) is 20.9. The predicted molar refractivity (Wildman–Crippen MR) is 103 cm³/mol. The molecular formula is C18H25N3O5S. The summed E-state index contributed by atoms with van der Waals surface area (Å²) < 4.78 is 31.8. The first-order chi connectivity index (χ1) is 12.8. The van der Waals surface area contributed by atoms with Crippen molar-refractivity contribution < 1.29 is 17.8 Å². The zero-order valence-electron chi connectivity index (χ0n) is 15.7. The maximum absolute atomic E-state index is 12.6. The summed E-state index contributed by atoms with van der Waals surface area (Å²) in [5, 5.41) is 14.6. The second kappa shape index (κ2) is 9.01. The molecule has 1 atom stereocenters. The van der Waals surface area contributed by atoms with Crippen molar-refractivity contribution >= 4 is 21.4 Å². The minimum Gasteiger partial charge on any atom is -0.469 e. The van der Waals surface area contributed by atoms with Crippen molar-refractivity contribution in [1.82, 2.24) is 4.31 Å². The van der Waals surface area contributed by atoms with Crippen molar-refractivity contribution in [2.24, 2.45) is 0 Å². The van der Waals surface area contributed by atoms with E-state index in [1.807, 2.05) is 19.1 Å². The van der Waals surface area contributed by atoms with Gasteiger partial charge in [-0.05, 0) is 37.6 Å². The van der Waals surface area contributed by atoms with Crippen molar-refractivity contribution in [3.63, 3.8) is 0 Å². The van der Waals surface area contributed by atoms with Crippen LogP contribution in [0, 0.1) is 10.1 Å². The summed E-state index contributed by atoms with van der Waals surface area (Å²) >= 11 is 0. The van der Waals surface area contributed by atoms with Crippen LogP contribution in [0.25, 0.3) is 0 Å². The Morgan fingerprint density at radius 2 is 1.96 bits per heavy atom. The van der Waals surface area contributed by atoms with E-state index in [1.165, 1.54) is 16.4 Å². The molecule has 1 aromatic carbocycles. The van der Waals surface area contributed by atoms with Crippen LogP contribution in [0.15, 0.2) is 45.9 Å². The first-order valence-electron chi connectivity index (χ1n) is 8.87. The zero-order valence-corrected chi connectivity index (χ0v) is 16.5. The summed E-state index contributed by atoms with van der Waals surface area (Å²) in [6.07, 6.45) is 3.01. The molecule has 8 nitrogen and oxygen atoms in total. The number of hydrogen-bond donors (Lipinski definition) is 1. The normalized spacial score (nSPS) is 12.9. The molecule has 1 N–H and O–H groups in total. The Morgan fingerprint density at radius 1 is 1.26 bits per heavy atom. The summed E-state index contributed by atoms with van der Waals surface area (Å²) in [5.41, 5.74) is 0.0403. The molecule has 2 aromatic rings. The monoisotopic (exact) mass is 395 g/mol. The number of sulfonamides is 1. The maximum atomic E-state index is 12.6. The molecule has 0 aliphatic carbocycles. The Balaban J connectivity index is 2.21. The number of rotatable bonds is 10. The molecule has 0 saturated carbocycles. The lowest BCUT2D eigenvalue weighted by Gasteiger charge is -2.19. The van der Waals surface area contributed by atoms with Crippen LogP contribution in [0.2, 0.25) is 0 Å². The molecule has 27 heavy (non-hydrogen) atoms. The van der Waals surface area contributed by atoms with E-state index < -0.39 is 14.9 Å². The van der Waals surface area contributed by atoms with Crippen molar-refractivity contribution in [3.05, 3.63) is 52.5 Å². The van der Waals surface area contributed by atoms with Crippen LogP contribution in [0.5, 0.6) is 0 Å². The Kier molecular flexibility index (Phi) is 6.98. The van der Waals surface area contributed by atoms with E-state index in [2.05, 4.69) is 5.32 Å². The van der Waals surface area contributed by atoms with Crippen molar-refractivity contribution in [2.45, 2.75) is 44.6 Å². The molecule has 0 fully saturated rings. The number of nitrogens with zero attached hydrogens (tertiary/aromatic N) is 2. The fourth-order valence-corrected chi connectivity index (χ4v) is 4.29. The smallest absolute Gasteiger partial charge is 0.293 e. The largest absolute Gasteiger partial charge is 0.469 e. The third-order valence-corrected chi connectivity index (χ3v) is 6.36. The second-order valence-corrected chi connectivity index (χ2v) is 8.13. The fourth-order valence-electron chi connectivity index (χ4n) is 2.81. The lowest BCUT2D eigenvalue weighted by Crippen LogP contribution is -2.30. The van der Waals surface area contributed by atoms with Crippen LogP contribution in [0.4, 0.5) is 11.4 Å². The van der Waals surface area contributed by atoms with Crippen LogP contribution >= 0.6 is 0 Å². The number of anilines is 1. The van der Waals surface area contributed by atoms with Gasteiger partial charge in [-0.3, -0.25) is 10.1 Å². The van der Waals surface area contributed by atoms with Crippen LogP contribution in [-0.4, -0.2) is 36.8 Å². The molecule has 148 valence electrons. The lowest BCUT2D eigenvalue weighted by molar-refractivity contribution is -0.384. The molecule has 1 aromatic heterocycles. The number of nitro groups is 1. The molecule has 0 spiro atoms. The van der Waals surface area contributed by atoms with Gasteiger partial charge in [-0.2, -0.15) is 4.31 Å². The summed E-state index contributed by atoms with van der Waals surface area (Å²) in [4.78, 5) is 10.8. The van der Waals surface area contributed by atoms with Gasteiger partial charge >= 0.3 is 0 Å². The molecular weight excluding hydrogens is 370 g/mol. The van der Waals surface area contributed by atoms with Crippen LogP contribution < -0.4 is 5.32 Å². The number of nitro benzene ring substituents is 1. The van der Waals surface area contributed by atoms with Gasteiger partial charge in [0.15, 0.2) is 0 Å². The molecule has 2 rings (SSSR count). The van der Waals surface area contributed by atoms with Crippen LogP contribution in [0.1, 0.15) is 33.0 Å². The molecule has 0 unspecified atom stereocenters. The Labute approximate surface area is 159 Å². The minimum atomic E-state index is -3.75. The molecule has 9 heteroatoms. The van der Waals surface area contributed by atoms with E-state index in [9.17, 15) is 18.5 Å². The van der Waals surface area contributed by atoms with E-state index in [1.54, 1.807) is 20.1 Å². The molecule has 0 amide bonds. The maximum Gasteiger partial charge on any atom is 0.293 e. The number of benzene rings is 1. The first-order valence-corrected chi connectivity index (χ1v) is 10.3. The zero-order chi connectivity index (χ0) is 20.0. The van der Waals surface area contributed by atoms with Gasteiger partial charge in [0.25, 0.3) is 5.69 Å².